The number of carbonyl (C=O) groups is 1. The van der Waals surface area contributed by atoms with Crippen LogP contribution in [-0.2, 0) is 9.63 Å². The van der Waals surface area contributed by atoms with Crippen molar-refractivity contribution in [2.75, 3.05) is 33.4 Å². The zero-order valence-corrected chi connectivity index (χ0v) is 18.3. The number of hydrogen-bond acceptors (Lipinski definition) is 7. The number of hydroxylamine groups is 1. The van der Waals surface area contributed by atoms with Gasteiger partial charge >= 0.3 is 0 Å². The monoisotopic (exact) mass is 443 g/mol. The molecule has 1 atom stereocenters. The maximum absolute atomic E-state index is 12.3. The Morgan fingerprint density at radius 2 is 2.00 bits per heavy atom. The van der Waals surface area contributed by atoms with Crippen LogP contribution in [0.5, 0.6) is 0 Å². The van der Waals surface area contributed by atoms with E-state index in [1.54, 1.807) is 29.1 Å². The van der Waals surface area contributed by atoms with Crippen molar-refractivity contribution in [2.45, 2.75) is 13.0 Å². The van der Waals surface area contributed by atoms with Crippen LogP contribution in [0.1, 0.15) is 18.1 Å². The van der Waals surface area contributed by atoms with E-state index in [4.69, 9.17) is 21.5 Å². The summed E-state index contributed by atoms with van der Waals surface area (Å²) >= 11 is 6.03. The Morgan fingerprint density at radius 3 is 2.61 bits per heavy atom. The number of carbonyl (C=O) groups excluding carboxylic acids is 1. The fraction of sp³-hybridized carbons (Fsp3) is 0.318. The van der Waals surface area contributed by atoms with E-state index in [9.17, 15) is 9.90 Å². The molecule has 1 aliphatic rings. The molecule has 0 radical (unpaired) electrons. The summed E-state index contributed by atoms with van der Waals surface area (Å²) in [7, 11) is 1.67. The van der Waals surface area contributed by atoms with Crippen molar-refractivity contribution in [3.8, 4) is 0 Å². The fourth-order valence-corrected chi connectivity index (χ4v) is 3.55. The normalized spacial score (nSPS) is 16.3. The van der Waals surface area contributed by atoms with E-state index in [1.165, 1.54) is 0 Å². The number of hydrogen-bond donors (Lipinski definition) is 2. The molecule has 3 rings (SSSR count). The van der Waals surface area contributed by atoms with E-state index in [2.05, 4.69) is 10.5 Å². The van der Waals surface area contributed by atoms with Gasteiger partial charge in [0.15, 0.2) is 0 Å². The Balaban J connectivity index is 1.88. The number of nitrogens with one attached hydrogen (secondary N) is 1. The molecule has 0 bridgehead atoms. The van der Waals surface area contributed by atoms with Gasteiger partial charge in [0.2, 0.25) is 11.8 Å². The number of aliphatic hydroxyl groups is 1. The zero-order valence-electron chi connectivity index (χ0n) is 17.5. The highest BCUT2D eigenvalue weighted by atomic mass is 35.5. The van der Waals surface area contributed by atoms with E-state index in [0.717, 1.165) is 16.8 Å². The predicted octanol–water partition coefficient (Wildman–Crippen LogP) is 2.12. The first-order chi connectivity index (χ1) is 15.1. The van der Waals surface area contributed by atoms with Gasteiger partial charge in [-0.25, -0.2) is 4.99 Å². The molecule has 31 heavy (non-hydrogen) atoms. The minimum Gasteiger partial charge on any atom is -0.388 e. The summed E-state index contributed by atoms with van der Waals surface area (Å²) in [5.74, 6) is 0.0941. The van der Waals surface area contributed by atoms with E-state index in [-0.39, 0.29) is 18.6 Å². The molecule has 0 aliphatic carbocycles. The topological polar surface area (TPSA) is 89.8 Å². The molecule has 0 saturated heterocycles. The lowest BCUT2D eigenvalue weighted by atomic mass is 10.0. The van der Waals surface area contributed by atoms with Gasteiger partial charge in [0.25, 0.3) is 0 Å². The largest absolute Gasteiger partial charge is 0.388 e. The van der Waals surface area contributed by atoms with Gasteiger partial charge in [-0.15, -0.1) is 0 Å². The lowest BCUT2D eigenvalue weighted by Crippen LogP contribution is -2.47. The SMILES string of the molecule is CCN(C(=O)CO)C1CN(C/N=C(\ONC)c2ccccc2)N=C1c1ccc(Cl)cc1. The van der Waals surface area contributed by atoms with Gasteiger partial charge in [0.1, 0.15) is 13.3 Å². The van der Waals surface area contributed by atoms with Gasteiger partial charge in [0.05, 0.1) is 18.3 Å². The number of nitrogens with zero attached hydrogens (tertiary/aromatic N) is 4. The first-order valence-corrected chi connectivity index (χ1v) is 10.4. The van der Waals surface area contributed by atoms with Gasteiger partial charge in [-0.2, -0.15) is 10.6 Å². The van der Waals surface area contributed by atoms with E-state index in [1.807, 2.05) is 49.4 Å². The standard InChI is InChI=1S/C22H26ClN5O3/c1-3-28(20(30)14-29)19-13-27(26-21(19)16-9-11-18(23)12-10-16)15-25-22(31-24-2)17-7-5-4-6-8-17/h4-12,19,24,29H,3,13-15H2,1-2H3/b25-22-. The molecule has 1 heterocycles. The van der Waals surface area contributed by atoms with Gasteiger partial charge in [-0.05, 0) is 31.2 Å². The Morgan fingerprint density at radius 1 is 1.29 bits per heavy atom. The van der Waals surface area contributed by atoms with Crippen molar-refractivity contribution in [2.24, 2.45) is 10.1 Å². The highest BCUT2D eigenvalue weighted by molar-refractivity contribution is 6.30. The van der Waals surface area contributed by atoms with Crippen molar-refractivity contribution in [1.29, 1.82) is 0 Å². The summed E-state index contributed by atoms with van der Waals surface area (Å²) in [5.41, 5.74) is 5.08. The zero-order chi connectivity index (χ0) is 22.2. The summed E-state index contributed by atoms with van der Waals surface area (Å²) in [5, 5.41) is 16.5. The number of benzene rings is 2. The molecule has 1 aliphatic heterocycles. The number of rotatable bonds is 8. The molecule has 8 nitrogen and oxygen atoms in total. The third-order valence-electron chi connectivity index (χ3n) is 4.86. The summed E-state index contributed by atoms with van der Waals surface area (Å²) < 4.78 is 0. The third-order valence-corrected chi connectivity index (χ3v) is 5.11. The lowest BCUT2D eigenvalue weighted by molar-refractivity contribution is -0.135. The average Bonchev–Trinajstić information content (AvgIpc) is 3.21. The molecular formula is C22H26ClN5O3. The molecule has 0 spiro atoms. The third kappa shape index (κ3) is 5.61. The highest BCUT2D eigenvalue weighted by Gasteiger charge is 2.34. The van der Waals surface area contributed by atoms with Crippen molar-refractivity contribution < 1.29 is 14.7 Å². The smallest absolute Gasteiger partial charge is 0.248 e. The molecule has 1 amide bonds. The quantitative estimate of drug-likeness (QED) is 0.370. The highest BCUT2D eigenvalue weighted by Crippen LogP contribution is 2.21. The first kappa shape index (κ1) is 22.7. The molecule has 0 fully saturated rings. The Kier molecular flexibility index (Phi) is 8.00. The van der Waals surface area contributed by atoms with E-state index < -0.39 is 6.61 Å². The number of likely N-dealkylation sites (N-methyl/N-ethyl adjacent to an activating group) is 1. The molecular weight excluding hydrogens is 418 g/mol. The fourth-order valence-electron chi connectivity index (χ4n) is 3.42. The summed E-state index contributed by atoms with van der Waals surface area (Å²) in [6.45, 7) is 2.46. The summed E-state index contributed by atoms with van der Waals surface area (Å²) in [6, 6.07) is 16.6. The van der Waals surface area contributed by atoms with Gasteiger partial charge in [-0.3, -0.25) is 9.80 Å². The maximum Gasteiger partial charge on any atom is 0.248 e. The van der Waals surface area contributed by atoms with Crippen LogP contribution in [0, 0.1) is 0 Å². The molecule has 9 heteroatoms. The Labute approximate surface area is 186 Å². The van der Waals surface area contributed by atoms with Crippen molar-refractivity contribution >= 4 is 29.1 Å². The molecule has 164 valence electrons. The van der Waals surface area contributed by atoms with Crippen LogP contribution in [0.3, 0.4) is 0 Å². The number of halogens is 1. The Bertz CT molecular complexity index is 934. The lowest BCUT2D eigenvalue weighted by Gasteiger charge is -2.28. The van der Waals surface area contributed by atoms with Crippen molar-refractivity contribution in [1.82, 2.24) is 15.4 Å². The van der Waals surface area contributed by atoms with Gasteiger partial charge in [-0.1, -0.05) is 41.9 Å². The number of amides is 1. The number of aliphatic hydroxyl groups excluding tert-OH is 1. The van der Waals surface area contributed by atoms with Crippen LogP contribution in [-0.4, -0.2) is 72.0 Å². The van der Waals surface area contributed by atoms with Crippen LogP contribution in [0.15, 0.2) is 64.7 Å². The second kappa shape index (κ2) is 10.9. The van der Waals surface area contributed by atoms with Crippen LogP contribution in [0.25, 0.3) is 0 Å². The number of aliphatic imine (C=N–C) groups is 1. The number of hydrazone groups is 1. The summed E-state index contributed by atoms with van der Waals surface area (Å²) in [6.07, 6.45) is 0. The first-order valence-electron chi connectivity index (χ1n) is 10.0. The maximum atomic E-state index is 12.3. The minimum atomic E-state index is -0.551. The van der Waals surface area contributed by atoms with Crippen LogP contribution >= 0.6 is 11.6 Å². The predicted molar refractivity (Wildman–Crippen MR) is 121 cm³/mol. The molecule has 0 aromatic heterocycles. The van der Waals surface area contributed by atoms with Crippen molar-refractivity contribution in [3.63, 3.8) is 0 Å². The molecule has 2 aromatic carbocycles. The van der Waals surface area contributed by atoms with Crippen molar-refractivity contribution in [3.05, 3.63) is 70.7 Å². The summed E-state index contributed by atoms with van der Waals surface area (Å²) in [4.78, 5) is 24.0. The second-order valence-corrected chi connectivity index (χ2v) is 7.25. The van der Waals surface area contributed by atoms with Crippen LogP contribution in [0.4, 0.5) is 0 Å². The van der Waals surface area contributed by atoms with Gasteiger partial charge in [0, 0.05) is 29.7 Å². The average molecular weight is 444 g/mol. The van der Waals surface area contributed by atoms with Gasteiger partial charge < -0.3 is 14.8 Å². The molecule has 2 N–H and O–H groups in total. The molecule has 0 saturated carbocycles. The Hall–Kier alpha value is -2.94. The molecule has 2 aromatic rings. The minimum absolute atomic E-state index is 0.240. The van der Waals surface area contributed by atoms with E-state index in [0.29, 0.717) is 24.0 Å². The molecule has 1 unspecified atom stereocenters. The van der Waals surface area contributed by atoms with Crippen LogP contribution in [0.2, 0.25) is 5.02 Å². The van der Waals surface area contributed by atoms with Crippen LogP contribution < -0.4 is 5.48 Å². The second-order valence-electron chi connectivity index (χ2n) is 6.81. The van der Waals surface area contributed by atoms with E-state index >= 15 is 0 Å².